The normalized spacial score (nSPS) is 10.4. The van der Waals surface area contributed by atoms with Crippen molar-refractivity contribution in [3.05, 3.63) is 32.7 Å². The van der Waals surface area contributed by atoms with Gasteiger partial charge in [0.2, 0.25) is 0 Å². The number of unbranched alkanes of at least 4 members (excludes halogenated alkanes) is 3. The van der Waals surface area contributed by atoms with Gasteiger partial charge in [-0.05, 0) is 47.0 Å². The SMILES string of the molecule is O=C(NCCCCCCBr)c1ccc(Br)cc1Br. The highest BCUT2D eigenvalue weighted by Gasteiger charge is 2.09. The molecule has 0 heterocycles. The first-order valence-electron chi connectivity index (χ1n) is 5.94. The van der Waals surface area contributed by atoms with Gasteiger partial charge >= 0.3 is 0 Å². The number of carbonyl (C=O) groups is 1. The van der Waals surface area contributed by atoms with Crippen molar-refractivity contribution in [3.8, 4) is 0 Å². The number of hydrogen-bond acceptors (Lipinski definition) is 1. The Kier molecular flexibility index (Phi) is 8.18. The summed E-state index contributed by atoms with van der Waals surface area (Å²) >= 11 is 10.2. The summed E-state index contributed by atoms with van der Waals surface area (Å²) in [5.74, 6) is -0.0186. The third kappa shape index (κ3) is 5.85. The van der Waals surface area contributed by atoms with Crippen LogP contribution in [0.25, 0.3) is 0 Å². The summed E-state index contributed by atoms with van der Waals surface area (Å²) in [5.41, 5.74) is 0.679. The van der Waals surface area contributed by atoms with E-state index in [4.69, 9.17) is 0 Å². The molecule has 0 saturated carbocycles. The lowest BCUT2D eigenvalue weighted by molar-refractivity contribution is 0.0952. The van der Waals surface area contributed by atoms with Gasteiger partial charge in [0.05, 0.1) is 5.56 Å². The van der Waals surface area contributed by atoms with E-state index in [9.17, 15) is 4.79 Å². The number of alkyl halides is 1. The summed E-state index contributed by atoms with van der Waals surface area (Å²) < 4.78 is 1.77. The summed E-state index contributed by atoms with van der Waals surface area (Å²) in [7, 11) is 0. The predicted octanol–water partition coefficient (Wildman–Crippen LogP) is 4.90. The Bertz CT molecular complexity index is 396. The third-order valence-electron chi connectivity index (χ3n) is 2.52. The molecule has 0 aliphatic carbocycles. The lowest BCUT2D eigenvalue weighted by atomic mass is 10.2. The van der Waals surface area contributed by atoms with Gasteiger partial charge in [0, 0.05) is 20.8 Å². The van der Waals surface area contributed by atoms with Crippen molar-refractivity contribution in [3.63, 3.8) is 0 Å². The van der Waals surface area contributed by atoms with Crippen LogP contribution in [-0.2, 0) is 0 Å². The van der Waals surface area contributed by atoms with Gasteiger partial charge in [0.1, 0.15) is 0 Å². The Labute approximate surface area is 133 Å². The van der Waals surface area contributed by atoms with Gasteiger partial charge in [-0.1, -0.05) is 44.7 Å². The molecule has 1 amide bonds. The van der Waals surface area contributed by atoms with Gasteiger partial charge in [-0.3, -0.25) is 4.79 Å². The highest BCUT2D eigenvalue weighted by molar-refractivity contribution is 9.11. The van der Waals surface area contributed by atoms with Gasteiger partial charge in [-0.15, -0.1) is 0 Å². The van der Waals surface area contributed by atoms with Crippen LogP contribution in [0.4, 0.5) is 0 Å². The Balaban J connectivity index is 2.32. The predicted molar refractivity (Wildman–Crippen MR) is 86.4 cm³/mol. The van der Waals surface area contributed by atoms with Crippen molar-refractivity contribution < 1.29 is 4.79 Å². The molecule has 1 rings (SSSR count). The zero-order valence-corrected chi connectivity index (χ0v) is 14.8. The van der Waals surface area contributed by atoms with E-state index < -0.39 is 0 Å². The molecule has 100 valence electrons. The quantitative estimate of drug-likeness (QED) is 0.473. The molecular formula is C13H16Br3NO. The fourth-order valence-electron chi connectivity index (χ4n) is 1.54. The van der Waals surface area contributed by atoms with Crippen molar-refractivity contribution in [1.29, 1.82) is 0 Å². The Hall–Kier alpha value is 0.130. The van der Waals surface area contributed by atoms with E-state index in [-0.39, 0.29) is 5.91 Å². The van der Waals surface area contributed by atoms with Gasteiger partial charge in [0.25, 0.3) is 5.91 Å². The van der Waals surface area contributed by atoms with Crippen molar-refractivity contribution >= 4 is 53.7 Å². The Morgan fingerprint density at radius 2 is 1.83 bits per heavy atom. The lowest BCUT2D eigenvalue weighted by Gasteiger charge is -2.07. The molecule has 0 saturated heterocycles. The molecule has 0 aliphatic heterocycles. The van der Waals surface area contributed by atoms with Gasteiger partial charge in [0.15, 0.2) is 0 Å². The van der Waals surface area contributed by atoms with Crippen molar-refractivity contribution in [2.24, 2.45) is 0 Å². The standard InChI is InChI=1S/C13H16Br3NO/c14-7-3-1-2-4-8-17-13(18)11-6-5-10(15)9-12(11)16/h5-6,9H,1-4,7-8H2,(H,17,18). The van der Waals surface area contributed by atoms with E-state index >= 15 is 0 Å². The fourth-order valence-corrected chi connectivity index (χ4v) is 3.17. The second-order valence-electron chi connectivity index (χ2n) is 3.98. The third-order valence-corrected chi connectivity index (χ3v) is 4.23. The molecule has 1 aromatic rings. The second-order valence-corrected chi connectivity index (χ2v) is 6.55. The minimum Gasteiger partial charge on any atom is -0.352 e. The van der Waals surface area contributed by atoms with E-state index in [0.717, 1.165) is 33.7 Å². The molecule has 0 bridgehead atoms. The summed E-state index contributed by atoms with van der Waals surface area (Å²) in [4.78, 5) is 11.9. The van der Waals surface area contributed by atoms with Crippen LogP contribution in [0.15, 0.2) is 27.1 Å². The second kappa shape index (κ2) is 9.10. The number of carbonyl (C=O) groups excluding carboxylic acids is 1. The molecule has 0 atom stereocenters. The minimum absolute atomic E-state index is 0.0186. The summed E-state index contributed by atoms with van der Waals surface area (Å²) in [6, 6.07) is 5.56. The molecule has 1 N–H and O–H groups in total. The molecule has 0 aliphatic rings. The number of rotatable bonds is 7. The molecule has 18 heavy (non-hydrogen) atoms. The maximum atomic E-state index is 11.9. The van der Waals surface area contributed by atoms with Crippen LogP contribution in [0.2, 0.25) is 0 Å². The zero-order valence-electron chi connectivity index (χ0n) is 10.0. The minimum atomic E-state index is -0.0186. The molecule has 0 fully saturated rings. The number of benzene rings is 1. The topological polar surface area (TPSA) is 29.1 Å². The number of amides is 1. The fraction of sp³-hybridized carbons (Fsp3) is 0.462. The highest BCUT2D eigenvalue weighted by Crippen LogP contribution is 2.21. The van der Waals surface area contributed by atoms with E-state index in [1.807, 2.05) is 18.2 Å². The van der Waals surface area contributed by atoms with Crippen LogP contribution in [0.3, 0.4) is 0 Å². The summed E-state index contributed by atoms with van der Waals surface area (Å²) in [6.45, 7) is 0.740. The van der Waals surface area contributed by atoms with E-state index in [2.05, 4.69) is 53.1 Å². The van der Waals surface area contributed by atoms with Crippen LogP contribution in [0.5, 0.6) is 0 Å². The zero-order chi connectivity index (χ0) is 13.4. The van der Waals surface area contributed by atoms with Gasteiger partial charge in [-0.2, -0.15) is 0 Å². The largest absolute Gasteiger partial charge is 0.352 e. The van der Waals surface area contributed by atoms with E-state index in [1.165, 1.54) is 12.8 Å². The van der Waals surface area contributed by atoms with E-state index in [0.29, 0.717) is 5.56 Å². The van der Waals surface area contributed by atoms with Crippen LogP contribution < -0.4 is 5.32 Å². The molecule has 5 heteroatoms. The maximum Gasteiger partial charge on any atom is 0.252 e. The molecule has 1 aromatic carbocycles. The average Bonchev–Trinajstić information content (AvgIpc) is 2.33. The highest BCUT2D eigenvalue weighted by atomic mass is 79.9. The Morgan fingerprint density at radius 1 is 1.11 bits per heavy atom. The number of nitrogens with one attached hydrogen (secondary N) is 1. The van der Waals surface area contributed by atoms with Crippen molar-refractivity contribution in [2.75, 3.05) is 11.9 Å². The average molecular weight is 442 g/mol. The Morgan fingerprint density at radius 3 is 2.50 bits per heavy atom. The van der Waals surface area contributed by atoms with Crippen LogP contribution in [-0.4, -0.2) is 17.8 Å². The number of hydrogen-bond donors (Lipinski definition) is 1. The van der Waals surface area contributed by atoms with Crippen molar-refractivity contribution in [2.45, 2.75) is 25.7 Å². The van der Waals surface area contributed by atoms with Crippen LogP contribution in [0, 0.1) is 0 Å². The first-order valence-corrected chi connectivity index (χ1v) is 8.65. The van der Waals surface area contributed by atoms with Gasteiger partial charge in [-0.25, -0.2) is 0 Å². The maximum absolute atomic E-state index is 11.9. The summed E-state index contributed by atoms with van der Waals surface area (Å²) in [5, 5.41) is 4.00. The molecule has 0 radical (unpaired) electrons. The van der Waals surface area contributed by atoms with E-state index in [1.54, 1.807) is 0 Å². The molecule has 2 nitrogen and oxygen atoms in total. The monoisotopic (exact) mass is 439 g/mol. The molecular weight excluding hydrogens is 426 g/mol. The van der Waals surface area contributed by atoms with Crippen LogP contribution >= 0.6 is 47.8 Å². The molecule has 0 spiro atoms. The summed E-state index contributed by atoms with van der Waals surface area (Å²) in [6.07, 6.45) is 4.61. The molecule has 0 unspecified atom stereocenters. The first-order chi connectivity index (χ1) is 8.65. The van der Waals surface area contributed by atoms with Gasteiger partial charge < -0.3 is 5.32 Å². The number of halogens is 3. The smallest absolute Gasteiger partial charge is 0.252 e. The first kappa shape index (κ1) is 16.2. The molecule has 0 aromatic heterocycles. The van der Waals surface area contributed by atoms with Crippen molar-refractivity contribution in [1.82, 2.24) is 5.32 Å². The lowest BCUT2D eigenvalue weighted by Crippen LogP contribution is -2.24. The van der Waals surface area contributed by atoms with Crippen LogP contribution in [0.1, 0.15) is 36.0 Å².